The van der Waals surface area contributed by atoms with Crippen molar-refractivity contribution in [2.24, 2.45) is 5.92 Å². The minimum Gasteiger partial charge on any atom is -0.493 e. The number of nitrogens with one attached hydrogen (secondary N) is 1. The van der Waals surface area contributed by atoms with Gasteiger partial charge in [0.25, 0.3) is 5.56 Å². The van der Waals surface area contributed by atoms with Crippen molar-refractivity contribution in [3.05, 3.63) is 50.4 Å². The number of nitrogens with zero attached hydrogens (tertiary/aromatic N) is 2. The van der Waals surface area contributed by atoms with Crippen LogP contribution in [-0.2, 0) is 12.8 Å². The Labute approximate surface area is 180 Å². The Hall–Kier alpha value is -3.25. The topological polar surface area (TPSA) is 88.0 Å². The molecule has 2 aromatic heterocycles. The van der Waals surface area contributed by atoms with Crippen LogP contribution in [0.25, 0.3) is 21.9 Å². The van der Waals surface area contributed by atoms with Crippen molar-refractivity contribution >= 4 is 33.2 Å². The fourth-order valence-corrected chi connectivity index (χ4v) is 5.15. The van der Waals surface area contributed by atoms with Crippen LogP contribution in [0.2, 0.25) is 0 Å². The maximum absolute atomic E-state index is 12.8. The highest BCUT2D eigenvalue weighted by Crippen LogP contribution is 2.36. The van der Waals surface area contributed by atoms with Crippen molar-refractivity contribution in [3.8, 4) is 17.6 Å². The number of thiophene rings is 1. The molecule has 0 fully saturated rings. The summed E-state index contributed by atoms with van der Waals surface area (Å²) in [6, 6.07) is 6.43. The molecule has 1 N–H and O–H groups in total. The van der Waals surface area contributed by atoms with E-state index < -0.39 is 6.61 Å². The second-order valence-corrected chi connectivity index (χ2v) is 8.49. The van der Waals surface area contributed by atoms with E-state index in [9.17, 15) is 18.8 Å². The average Bonchev–Trinajstić information content (AvgIpc) is 3.09. The average molecular weight is 443 g/mol. The van der Waals surface area contributed by atoms with Crippen LogP contribution in [-0.4, -0.2) is 23.7 Å². The molecule has 1 aromatic carbocycles. The predicted octanol–water partition coefficient (Wildman–Crippen LogP) is 4.78. The first-order valence-electron chi connectivity index (χ1n) is 9.69. The lowest BCUT2D eigenvalue weighted by molar-refractivity contribution is -0.0512. The van der Waals surface area contributed by atoms with E-state index in [-0.39, 0.29) is 28.5 Å². The lowest BCUT2D eigenvalue weighted by atomic mass is 9.89. The second kappa shape index (κ2) is 8.47. The first-order chi connectivity index (χ1) is 14.9. The van der Waals surface area contributed by atoms with Crippen molar-refractivity contribution < 1.29 is 18.3 Å². The van der Waals surface area contributed by atoms with Gasteiger partial charge >= 0.3 is 6.61 Å². The van der Waals surface area contributed by atoms with Crippen molar-refractivity contribution in [1.29, 1.82) is 5.26 Å². The summed E-state index contributed by atoms with van der Waals surface area (Å²) in [6.07, 6.45) is 4.26. The highest BCUT2D eigenvalue weighted by atomic mass is 32.1. The summed E-state index contributed by atoms with van der Waals surface area (Å²) < 4.78 is 34.9. The highest BCUT2D eigenvalue weighted by molar-refractivity contribution is 7.18. The minimum atomic E-state index is -3.02. The van der Waals surface area contributed by atoms with E-state index in [1.165, 1.54) is 41.5 Å². The van der Waals surface area contributed by atoms with Crippen LogP contribution in [0, 0.1) is 17.2 Å². The number of aryl methyl sites for hydroxylation is 1. The Morgan fingerprint density at radius 3 is 2.94 bits per heavy atom. The van der Waals surface area contributed by atoms with E-state index in [2.05, 4.69) is 21.6 Å². The van der Waals surface area contributed by atoms with Gasteiger partial charge in [0.05, 0.1) is 18.1 Å². The number of halogens is 2. The molecule has 2 heterocycles. The molecule has 0 saturated heterocycles. The second-order valence-electron chi connectivity index (χ2n) is 7.41. The number of methoxy groups -OCH3 is 1. The van der Waals surface area contributed by atoms with Gasteiger partial charge in [-0.2, -0.15) is 14.0 Å². The minimum absolute atomic E-state index is 0.104. The largest absolute Gasteiger partial charge is 0.493 e. The van der Waals surface area contributed by atoms with E-state index in [1.807, 2.05) is 6.07 Å². The lowest BCUT2D eigenvalue weighted by Gasteiger charge is -2.17. The van der Waals surface area contributed by atoms with Crippen molar-refractivity contribution in [1.82, 2.24) is 9.97 Å². The predicted molar refractivity (Wildman–Crippen MR) is 115 cm³/mol. The third-order valence-electron chi connectivity index (χ3n) is 5.26. The van der Waals surface area contributed by atoms with Crippen LogP contribution in [0.4, 0.5) is 8.78 Å². The summed E-state index contributed by atoms with van der Waals surface area (Å²) >= 11 is 1.49. The van der Waals surface area contributed by atoms with Crippen LogP contribution in [0.1, 0.15) is 35.2 Å². The molecular formula is C22H19F2N3O3S. The van der Waals surface area contributed by atoms with Gasteiger partial charge in [-0.3, -0.25) is 4.79 Å². The van der Waals surface area contributed by atoms with Gasteiger partial charge < -0.3 is 14.5 Å². The molecule has 4 rings (SSSR count). The third kappa shape index (κ3) is 4.16. The van der Waals surface area contributed by atoms with Crippen molar-refractivity contribution in [2.45, 2.75) is 32.8 Å². The number of benzene rings is 1. The molecular weight excluding hydrogens is 424 g/mol. The number of aromatic amines is 1. The fraction of sp³-hybridized carbons (Fsp3) is 0.318. The first-order valence-corrected chi connectivity index (χ1v) is 10.5. The Balaban J connectivity index is 1.77. The molecule has 1 aliphatic rings. The molecule has 0 radical (unpaired) electrons. The maximum atomic E-state index is 12.8. The van der Waals surface area contributed by atoms with Crippen LogP contribution in [0.3, 0.4) is 0 Å². The molecule has 9 heteroatoms. The Kier molecular flexibility index (Phi) is 5.74. The number of allylic oxidation sites excluding steroid dienone is 1. The number of hydrogen-bond acceptors (Lipinski definition) is 6. The van der Waals surface area contributed by atoms with Crippen LogP contribution >= 0.6 is 11.3 Å². The van der Waals surface area contributed by atoms with Gasteiger partial charge in [-0.15, -0.1) is 11.3 Å². The van der Waals surface area contributed by atoms with Gasteiger partial charge in [-0.25, -0.2) is 4.98 Å². The third-order valence-corrected chi connectivity index (χ3v) is 6.40. The van der Waals surface area contributed by atoms with Gasteiger partial charge in [0.2, 0.25) is 0 Å². The molecule has 6 nitrogen and oxygen atoms in total. The van der Waals surface area contributed by atoms with E-state index in [0.29, 0.717) is 21.7 Å². The Bertz CT molecular complexity index is 1270. The van der Waals surface area contributed by atoms with E-state index >= 15 is 0 Å². The summed E-state index contributed by atoms with van der Waals surface area (Å²) in [5, 5.41) is 10.3. The first kappa shape index (κ1) is 21.0. The van der Waals surface area contributed by atoms with Crippen molar-refractivity contribution in [2.75, 3.05) is 7.11 Å². The monoisotopic (exact) mass is 443 g/mol. The molecule has 0 amide bonds. The standard InChI is InChI=1S/C22H19F2N3O3S/c1-11-3-5-14-17(7-11)31-21-18(14)20(28)26-19(27-21)13(10-25)8-12-4-6-15(29-2)16(9-12)30-22(23)24/h4,6,8-9,11,22H,3,5,7H2,1-2H3,(H,26,27,28)/b13-8+. The van der Waals surface area contributed by atoms with Gasteiger partial charge in [-0.1, -0.05) is 13.0 Å². The summed E-state index contributed by atoms with van der Waals surface area (Å²) in [6.45, 7) is -0.829. The summed E-state index contributed by atoms with van der Waals surface area (Å²) in [5.74, 6) is 0.690. The molecule has 0 bridgehead atoms. The Morgan fingerprint density at radius 1 is 1.42 bits per heavy atom. The van der Waals surface area contributed by atoms with Gasteiger partial charge in [0, 0.05) is 4.88 Å². The van der Waals surface area contributed by atoms with E-state index in [1.54, 1.807) is 6.07 Å². The number of ether oxygens (including phenoxy) is 2. The molecule has 0 aliphatic heterocycles. The van der Waals surface area contributed by atoms with Gasteiger partial charge in [-0.05, 0) is 54.5 Å². The summed E-state index contributed by atoms with van der Waals surface area (Å²) in [4.78, 5) is 21.8. The molecule has 0 spiro atoms. The van der Waals surface area contributed by atoms with E-state index in [0.717, 1.165) is 24.8 Å². The number of fused-ring (bicyclic) bond motifs is 3. The maximum Gasteiger partial charge on any atom is 0.387 e. The zero-order valence-electron chi connectivity index (χ0n) is 16.9. The van der Waals surface area contributed by atoms with Gasteiger partial charge in [0.1, 0.15) is 10.9 Å². The zero-order chi connectivity index (χ0) is 22.1. The van der Waals surface area contributed by atoms with E-state index in [4.69, 9.17) is 4.74 Å². The molecule has 0 saturated carbocycles. The fourth-order valence-electron chi connectivity index (χ4n) is 3.77. The number of H-pyrrole nitrogens is 1. The number of nitriles is 1. The molecule has 1 unspecified atom stereocenters. The SMILES string of the molecule is COc1ccc(/C=C(\C#N)c2nc3sc4c(c3c(=O)[nH]2)CCC(C)C4)cc1OC(F)F. The molecule has 1 aliphatic carbocycles. The molecule has 160 valence electrons. The van der Waals surface area contributed by atoms with Crippen LogP contribution < -0.4 is 15.0 Å². The zero-order valence-corrected chi connectivity index (χ0v) is 17.7. The molecule has 1 atom stereocenters. The number of rotatable bonds is 5. The highest BCUT2D eigenvalue weighted by Gasteiger charge is 2.23. The van der Waals surface area contributed by atoms with Crippen LogP contribution in [0.5, 0.6) is 11.5 Å². The van der Waals surface area contributed by atoms with Crippen molar-refractivity contribution in [3.63, 3.8) is 0 Å². The quantitative estimate of drug-likeness (QED) is 0.573. The normalized spacial score (nSPS) is 16.3. The van der Waals surface area contributed by atoms with Crippen LogP contribution in [0.15, 0.2) is 23.0 Å². The molecule has 31 heavy (non-hydrogen) atoms. The smallest absolute Gasteiger partial charge is 0.387 e. The summed E-state index contributed by atoms with van der Waals surface area (Å²) in [7, 11) is 1.34. The number of hydrogen-bond donors (Lipinski definition) is 1. The lowest BCUT2D eigenvalue weighted by Crippen LogP contribution is -2.14. The summed E-state index contributed by atoms with van der Waals surface area (Å²) in [5.41, 5.74) is 1.32. The number of aromatic nitrogens is 2. The van der Waals surface area contributed by atoms with Gasteiger partial charge in [0.15, 0.2) is 17.3 Å². The number of alkyl halides is 2. The molecule has 3 aromatic rings. The Morgan fingerprint density at radius 2 is 2.23 bits per heavy atom.